The van der Waals surface area contributed by atoms with Gasteiger partial charge in [-0.1, -0.05) is 74.0 Å². The number of imidazole rings is 1. The second kappa shape index (κ2) is 8.87. The van der Waals surface area contributed by atoms with Crippen LogP contribution in [0.2, 0.25) is 5.15 Å². The highest BCUT2D eigenvalue weighted by molar-refractivity contribution is 6.32. The Labute approximate surface area is 198 Å². The molecule has 0 unspecified atom stereocenters. The average molecular weight is 460 g/mol. The summed E-state index contributed by atoms with van der Waals surface area (Å²) in [6, 6.07) is 19.3. The number of hydrogen-bond donors (Lipinski definition) is 1. The fraction of sp³-hybridized carbons (Fsp3) is 0.269. The minimum atomic E-state index is -0.0503. The summed E-state index contributed by atoms with van der Waals surface area (Å²) in [4.78, 5) is 24.9. The van der Waals surface area contributed by atoms with Crippen molar-refractivity contribution in [3.05, 3.63) is 77.6 Å². The van der Waals surface area contributed by atoms with Crippen molar-refractivity contribution in [2.24, 2.45) is 5.92 Å². The zero-order chi connectivity index (χ0) is 22.9. The van der Waals surface area contributed by atoms with Gasteiger partial charge in [0.15, 0.2) is 11.5 Å². The molecule has 1 aliphatic carbocycles. The standard InChI is InChI=1S/C26H26ClN5O/c1-17(2)15-28-24-25-29-16-21(31(20-13-14-20)26(33)19-11-7-4-8-12-19)32(25)23(27)22(30-24)18-9-5-3-6-10-18/h3-12,16-17,20H,13-15H2,1-2H3,(H,28,30). The number of anilines is 2. The lowest BCUT2D eigenvalue weighted by Crippen LogP contribution is -2.34. The highest BCUT2D eigenvalue weighted by Gasteiger charge is 2.37. The number of fused-ring (bicyclic) bond motifs is 1. The van der Waals surface area contributed by atoms with E-state index in [-0.39, 0.29) is 11.9 Å². The minimum absolute atomic E-state index is 0.0503. The molecule has 1 amide bonds. The van der Waals surface area contributed by atoms with Gasteiger partial charge in [0.05, 0.1) is 6.20 Å². The molecule has 0 saturated heterocycles. The largest absolute Gasteiger partial charge is 0.367 e. The Morgan fingerprint density at radius 1 is 1.12 bits per heavy atom. The van der Waals surface area contributed by atoms with E-state index in [0.717, 1.165) is 24.9 Å². The lowest BCUT2D eigenvalue weighted by atomic mass is 10.1. The van der Waals surface area contributed by atoms with Gasteiger partial charge in [0.2, 0.25) is 0 Å². The maximum Gasteiger partial charge on any atom is 0.259 e. The second-order valence-corrected chi connectivity index (χ2v) is 9.15. The van der Waals surface area contributed by atoms with Crippen molar-refractivity contribution in [3.63, 3.8) is 0 Å². The molecule has 0 radical (unpaired) electrons. The Morgan fingerprint density at radius 2 is 1.79 bits per heavy atom. The van der Waals surface area contributed by atoms with Gasteiger partial charge in [0, 0.05) is 23.7 Å². The van der Waals surface area contributed by atoms with Gasteiger partial charge in [-0.3, -0.25) is 14.1 Å². The first kappa shape index (κ1) is 21.5. The topological polar surface area (TPSA) is 62.5 Å². The van der Waals surface area contributed by atoms with Gasteiger partial charge in [-0.2, -0.15) is 0 Å². The first-order valence-electron chi connectivity index (χ1n) is 11.3. The van der Waals surface area contributed by atoms with Crippen molar-refractivity contribution >= 4 is 34.8 Å². The van der Waals surface area contributed by atoms with E-state index in [1.165, 1.54) is 0 Å². The molecule has 1 aliphatic rings. The van der Waals surface area contributed by atoms with Gasteiger partial charge >= 0.3 is 0 Å². The van der Waals surface area contributed by atoms with Crippen LogP contribution in [0.15, 0.2) is 66.9 Å². The van der Waals surface area contributed by atoms with Crippen LogP contribution in [-0.4, -0.2) is 32.9 Å². The maximum atomic E-state index is 13.5. The van der Waals surface area contributed by atoms with Gasteiger partial charge in [-0.25, -0.2) is 9.97 Å². The van der Waals surface area contributed by atoms with Crippen molar-refractivity contribution in [2.45, 2.75) is 32.7 Å². The number of benzene rings is 2. The summed E-state index contributed by atoms with van der Waals surface area (Å²) in [5.74, 6) is 1.70. The van der Waals surface area contributed by atoms with E-state index in [0.29, 0.717) is 39.6 Å². The molecule has 2 heterocycles. The van der Waals surface area contributed by atoms with Crippen LogP contribution in [0.5, 0.6) is 0 Å². The summed E-state index contributed by atoms with van der Waals surface area (Å²) in [5.41, 5.74) is 2.81. The molecule has 1 N–H and O–H groups in total. The van der Waals surface area contributed by atoms with Crippen molar-refractivity contribution in [1.29, 1.82) is 0 Å². The molecule has 1 fully saturated rings. The van der Waals surface area contributed by atoms with Gasteiger partial charge < -0.3 is 5.32 Å². The van der Waals surface area contributed by atoms with Gasteiger partial charge in [-0.05, 0) is 30.9 Å². The van der Waals surface area contributed by atoms with Crippen LogP contribution in [0.4, 0.5) is 11.6 Å². The molecule has 2 aromatic heterocycles. The third-order valence-corrected chi connectivity index (χ3v) is 6.04. The zero-order valence-electron chi connectivity index (χ0n) is 18.7. The third kappa shape index (κ3) is 4.18. The normalized spacial score (nSPS) is 13.5. The molecule has 168 valence electrons. The molecule has 0 spiro atoms. The van der Waals surface area contributed by atoms with E-state index in [1.54, 1.807) is 6.20 Å². The lowest BCUT2D eigenvalue weighted by molar-refractivity contribution is 0.0984. The number of nitrogens with zero attached hydrogens (tertiary/aromatic N) is 4. The Bertz CT molecular complexity index is 1280. The molecule has 0 bridgehead atoms. The number of carbonyl (C=O) groups excluding carboxylic acids is 1. The number of hydrogen-bond acceptors (Lipinski definition) is 4. The van der Waals surface area contributed by atoms with E-state index in [4.69, 9.17) is 16.6 Å². The number of halogens is 1. The Morgan fingerprint density at radius 3 is 2.42 bits per heavy atom. The smallest absolute Gasteiger partial charge is 0.259 e. The van der Waals surface area contributed by atoms with Crippen molar-refractivity contribution in [2.75, 3.05) is 16.8 Å². The molecule has 4 aromatic rings. The number of carbonyl (C=O) groups is 1. The zero-order valence-corrected chi connectivity index (χ0v) is 19.5. The van der Waals surface area contributed by atoms with E-state index < -0.39 is 0 Å². The molecule has 7 heteroatoms. The van der Waals surface area contributed by atoms with E-state index in [9.17, 15) is 4.79 Å². The number of nitrogens with one attached hydrogen (secondary N) is 1. The molecule has 2 aromatic carbocycles. The predicted molar refractivity (Wildman–Crippen MR) is 133 cm³/mol. The average Bonchev–Trinajstić information content (AvgIpc) is 3.57. The summed E-state index contributed by atoms with van der Waals surface area (Å²) >= 11 is 6.97. The van der Waals surface area contributed by atoms with Crippen LogP contribution in [-0.2, 0) is 0 Å². The number of aromatic nitrogens is 3. The highest BCUT2D eigenvalue weighted by Crippen LogP contribution is 2.38. The van der Waals surface area contributed by atoms with Crippen LogP contribution in [0.3, 0.4) is 0 Å². The van der Waals surface area contributed by atoms with Gasteiger partial charge in [-0.15, -0.1) is 0 Å². The molecule has 33 heavy (non-hydrogen) atoms. The summed E-state index contributed by atoms with van der Waals surface area (Å²) in [6.45, 7) is 5.03. The summed E-state index contributed by atoms with van der Waals surface area (Å²) < 4.78 is 1.86. The summed E-state index contributed by atoms with van der Waals surface area (Å²) in [5, 5.41) is 3.86. The van der Waals surface area contributed by atoms with Crippen LogP contribution < -0.4 is 10.2 Å². The fourth-order valence-electron chi connectivity index (χ4n) is 3.90. The lowest BCUT2D eigenvalue weighted by Gasteiger charge is -2.23. The van der Waals surface area contributed by atoms with Crippen LogP contribution in [0.1, 0.15) is 37.0 Å². The molecular weight excluding hydrogens is 434 g/mol. The summed E-state index contributed by atoms with van der Waals surface area (Å²) in [7, 11) is 0. The molecule has 0 aliphatic heterocycles. The molecule has 0 atom stereocenters. The molecule has 6 nitrogen and oxygen atoms in total. The van der Waals surface area contributed by atoms with Crippen molar-refractivity contribution in [1.82, 2.24) is 14.4 Å². The monoisotopic (exact) mass is 459 g/mol. The first-order chi connectivity index (χ1) is 16.0. The SMILES string of the molecule is CC(C)CNc1nc(-c2ccccc2)c(Cl)n2c(N(C(=O)c3ccccc3)C3CC3)cnc12. The second-order valence-electron chi connectivity index (χ2n) is 8.79. The first-order valence-corrected chi connectivity index (χ1v) is 11.7. The van der Waals surface area contributed by atoms with Gasteiger partial charge in [0.25, 0.3) is 5.91 Å². The number of amides is 1. The minimum Gasteiger partial charge on any atom is -0.367 e. The van der Waals surface area contributed by atoms with Crippen molar-refractivity contribution < 1.29 is 4.79 Å². The van der Waals surface area contributed by atoms with E-state index in [2.05, 4.69) is 24.1 Å². The van der Waals surface area contributed by atoms with Crippen LogP contribution in [0.25, 0.3) is 16.9 Å². The highest BCUT2D eigenvalue weighted by atomic mass is 35.5. The van der Waals surface area contributed by atoms with Crippen LogP contribution >= 0.6 is 11.6 Å². The Kier molecular flexibility index (Phi) is 5.77. The Hall–Kier alpha value is -3.38. The molecule has 5 rings (SSSR count). The third-order valence-electron chi connectivity index (χ3n) is 5.69. The predicted octanol–water partition coefficient (Wildman–Crippen LogP) is 5.93. The fourth-order valence-corrected chi connectivity index (χ4v) is 4.21. The van der Waals surface area contributed by atoms with Crippen LogP contribution in [0, 0.1) is 5.92 Å². The van der Waals surface area contributed by atoms with E-state index in [1.807, 2.05) is 70.0 Å². The van der Waals surface area contributed by atoms with E-state index >= 15 is 0 Å². The summed E-state index contributed by atoms with van der Waals surface area (Å²) in [6.07, 6.45) is 3.65. The Balaban J connectivity index is 1.69. The quantitative estimate of drug-likeness (QED) is 0.372. The van der Waals surface area contributed by atoms with Crippen molar-refractivity contribution in [3.8, 4) is 11.3 Å². The van der Waals surface area contributed by atoms with Gasteiger partial charge in [0.1, 0.15) is 16.7 Å². The maximum absolute atomic E-state index is 13.5. The molecular formula is C26H26ClN5O. The molecule has 1 saturated carbocycles. The number of rotatable bonds is 7.